The zero-order valence-corrected chi connectivity index (χ0v) is 17.0. The molecule has 0 amide bonds. The number of nitrogens with one attached hydrogen (secondary N) is 3. The first kappa shape index (κ1) is 19.2. The molecular weight excluding hydrogens is 372 g/mol. The van der Waals surface area contributed by atoms with Gasteiger partial charge in [0.1, 0.15) is 5.84 Å². The summed E-state index contributed by atoms with van der Waals surface area (Å²) in [7, 11) is 1.74. The van der Waals surface area contributed by atoms with Gasteiger partial charge in [-0.2, -0.15) is 0 Å². The molecule has 2 aliphatic heterocycles. The Kier molecular flexibility index (Phi) is 5.85. The molecule has 0 aliphatic carbocycles. The van der Waals surface area contributed by atoms with Crippen LogP contribution in [0.5, 0.6) is 0 Å². The van der Waals surface area contributed by atoms with Crippen LogP contribution in [0.3, 0.4) is 0 Å². The quantitative estimate of drug-likeness (QED) is 0.710. The fourth-order valence-electron chi connectivity index (χ4n) is 3.96. The highest BCUT2D eigenvalue weighted by molar-refractivity contribution is 6.30. The minimum atomic E-state index is -0.148. The molecule has 1 saturated heterocycles. The molecule has 1 spiro atoms. The second kappa shape index (κ2) is 8.52. The van der Waals surface area contributed by atoms with E-state index in [-0.39, 0.29) is 5.54 Å². The number of hydrogen-bond donors (Lipinski definition) is 3. The second-order valence-electron chi connectivity index (χ2n) is 7.50. The van der Waals surface area contributed by atoms with Crippen LogP contribution >= 0.6 is 11.6 Å². The number of nitrogens with zero attached hydrogens (tertiary/aromatic N) is 1. The van der Waals surface area contributed by atoms with Crippen LogP contribution in [-0.2, 0) is 17.7 Å². The van der Waals surface area contributed by atoms with Gasteiger partial charge in [-0.1, -0.05) is 29.8 Å². The second-order valence-corrected chi connectivity index (χ2v) is 7.94. The van der Waals surface area contributed by atoms with Crippen molar-refractivity contribution in [2.45, 2.75) is 31.3 Å². The molecule has 5 nitrogen and oxygen atoms in total. The van der Waals surface area contributed by atoms with Gasteiger partial charge in [-0.25, -0.2) is 0 Å². The van der Waals surface area contributed by atoms with Crippen molar-refractivity contribution in [3.63, 3.8) is 0 Å². The molecule has 0 aromatic heterocycles. The number of methoxy groups -OCH3 is 1. The summed E-state index contributed by atoms with van der Waals surface area (Å²) in [5.74, 6) is 1.02. The molecule has 2 aromatic rings. The lowest BCUT2D eigenvalue weighted by molar-refractivity contribution is 0.202. The molecular formula is C22H27ClN4O. The van der Waals surface area contributed by atoms with Crippen LogP contribution in [0.25, 0.3) is 0 Å². The predicted octanol–water partition coefficient (Wildman–Crippen LogP) is 4.09. The van der Waals surface area contributed by atoms with Crippen LogP contribution < -0.4 is 16.0 Å². The number of anilines is 2. The number of amidine groups is 1. The zero-order valence-electron chi connectivity index (χ0n) is 16.2. The number of aliphatic imine (C=N–C) groups is 1. The minimum absolute atomic E-state index is 0.148. The first-order valence-corrected chi connectivity index (χ1v) is 10.2. The summed E-state index contributed by atoms with van der Waals surface area (Å²) >= 11 is 6.14. The van der Waals surface area contributed by atoms with Gasteiger partial charge in [-0.05, 0) is 67.7 Å². The van der Waals surface area contributed by atoms with E-state index in [9.17, 15) is 0 Å². The number of hydrogen-bond acceptors (Lipinski definition) is 4. The Morgan fingerprint density at radius 2 is 1.93 bits per heavy atom. The monoisotopic (exact) mass is 398 g/mol. The molecule has 1 fully saturated rings. The Balaban J connectivity index is 1.63. The summed E-state index contributed by atoms with van der Waals surface area (Å²) in [5, 5.41) is 11.7. The normalized spacial score (nSPS) is 19.1. The summed E-state index contributed by atoms with van der Waals surface area (Å²) in [5.41, 5.74) is 4.45. The fraction of sp³-hybridized carbons (Fsp3) is 0.409. The van der Waals surface area contributed by atoms with Gasteiger partial charge in [0.25, 0.3) is 0 Å². The lowest BCUT2D eigenvalue weighted by atomic mass is 9.84. The summed E-state index contributed by atoms with van der Waals surface area (Å²) in [6.45, 7) is 3.29. The summed E-state index contributed by atoms with van der Waals surface area (Å²) in [6, 6.07) is 14.5. The molecule has 6 heteroatoms. The minimum Gasteiger partial charge on any atom is -0.384 e. The summed E-state index contributed by atoms with van der Waals surface area (Å²) in [4.78, 5) is 4.99. The number of benzene rings is 2. The van der Waals surface area contributed by atoms with Crippen molar-refractivity contribution in [3.8, 4) is 0 Å². The van der Waals surface area contributed by atoms with E-state index in [0.717, 1.165) is 66.8 Å². The van der Waals surface area contributed by atoms with Crippen LogP contribution in [-0.4, -0.2) is 38.2 Å². The maximum atomic E-state index is 6.14. The predicted molar refractivity (Wildman–Crippen MR) is 117 cm³/mol. The fourth-order valence-corrected chi connectivity index (χ4v) is 4.17. The maximum absolute atomic E-state index is 6.14. The highest BCUT2D eigenvalue weighted by Crippen LogP contribution is 2.36. The highest BCUT2D eigenvalue weighted by atomic mass is 35.5. The smallest absolute Gasteiger partial charge is 0.127 e. The molecule has 0 saturated carbocycles. The van der Waals surface area contributed by atoms with Crippen molar-refractivity contribution in [3.05, 3.63) is 58.6 Å². The number of halogens is 1. The molecule has 0 atom stereocenters. The van der Waals surface area contributed by atoms with E-state index in [1.165, 1.54) is 5.56 Å². The lowest BCUT2D eigenvalue weighted by Gasteiger charge is -2.44. The maximum Gasteiger partial charge on any atom is 0.127 e. The van der Waals surface area contributed by atoms with Crippen molar-refractivity contribution in [2.75, 3.05) is 37.4 Å². The molecule has 4 rings (SSSR count). The average Bonchev–Trinajstić information content (AvgIpc) is 2.71. The van der Waals surface area contributed by atoms with Crippen LogP contribution in [0.1, 0.15) is 24.0 Å². The SMILES string of the molecule is COCCc1ccc2c(c1)NC(=NCc1cccc(Cl)c1)C1(CCNCC1)N2. The number of ether oxygens (including phenoxy) is 1. The van der Waals surface area contributed by atoms with Crippen molar-refractivity contribution >= 4 is 28.8 Å². The Morgan fingerprint density at radius 3 is 2.71 bits per heavy atom. The van der Waals surface area contributed by atoms with Gasteiger partial charge in [0.05, 0.1) is 30.1 Å². The van der Waals surface area contributed by atoms with E-state index in [2.05, 4.69) is 40.2 Å². The van der Waals surface area contributed by atoms with E-state index in [1.807, 2.05) is 18.2 Å². The van der Waals surface area contributed by atoms with E-state index >= 15 is 0 Å². The Morgan fingerprint density at radius 1 is 1.07 bits per heavy atom. The summed E-state index contributed by atoms with van der Waals surface area (Å²) < 4.78 is 5.22. The van der Waals surface area contributed by atoms with Gasteiger partial charge in [0, 0.05) is 12.1 Å². The largest absolute Gasteiger partial charge is 0.384 e. The standard InChI is InChI=1S/C22H27ClN4O/c1-28-12-7-16-5-6-19-20(14-16)26-21(22(27-19)8-10-24-11-9-22)25-15-17-3-2-4-18(23)13-17/h2-6,13-14,24,27H,7-12,15H2,1H3,(H,25,26). The molecule has 2 aliphatic rings. The molecule has 0 radical (unpaired) electrons. The summed E-state index contributed by atoms with van der Waals surface area (Å²) in [6.07, 6.45) is 2.90. The Hall–Kier alpha value is -2.08. The van der Waals surface area contributed by atoms with E-state index < -0.39 is 0 Å². The Labute approximate surface area is 171 Å². The highest BCUT2D eigenvalue weighted by Gasteiger charge is 2.40. The van der Waals surface area contributed by atoms with Gasteiger partial charge in [0.2, 0.25) is 0 Å². The molecule has 148 valence electrons. The third-order valence-corrected chi connectivity index (χ3v) is 5.76. The Bertz CT molecular complexity index is 861. The molecule has 3 N–H and O–H groups in total. The topological polar surface area (TPSA) is 57.7 Å². The van der Waals surface area contributed by atoms with E-state index in [0.29, 0.717) is 6.54 Å². The number of rotatable bonds is 5. The van der Waals surface area contributed by atoms with Crippen LogP contribution in [0.15, 0.2) is 47.5 Å². The van der Waals surface area contributed by atoms with Gasteiger partial charge < -0.3 is 20.7 Å². The third kappa shape index (κ3) is 4.17. The van der Waals surface area contributed by atoms with Crippen LogP contribution in [0, 0.1) is 0 Å². The number of piperidine rings is 1. The van der Waals surface area contributed by atoms with Crippen molar-refractivity contribution in [1.29, 1.82) is 0 Å². The molecule has 0 unspecified atom stereocenters. The molecule has 2 heterocycles. The van der Waals surface area contributed by atoms with E-state index in [1.54, 1.807) is 7.11 Å². The van der Waals surface area contributed by atoms with Gasteiger partial charge in [-0.3, -0.25) is 4.99 Å². The van der Waals surface area contributed by atoms with Crippen molar-refractivity contribution in [2.24, 2.45) is 4.99 Å². The lowest BCUT2D eigenvalue weighted by Crippen LogP contribution is -2.57. The van der Waals surface area contributed by atoms with E-state index in [4.69, 9.17) is 21.3 Å². The third-order valence-electron chi connectivity index (χ3n) is 5.53. The average molecular weight is 399 g/mol. The van der Waals surface area contributed by atoms with Gasteiger partial charge >= 0.3 is 0 Å². The van der Waals surface area contributed by atoms with Crippen molar-refractivity contribution < 1.29 is 4.74 Å². The van der Waals surface area contributed by atoms with Gasteiger partial charge in [-0.15, -0.1) is 0 Å². The zero-order chi connectivity index (χ0) is 19.4. The molecule has 0 bridgehead atoms. The number of fused-ring (bicyclic) bond motifs is 1. The van der Waals surface area contributed by atoms with Crippen LogP contribution in [0.4, 0.5) is 11.4 Å². The van der Waals surface area contributed by atoms with Crippen LogP contribution in [0.2, 0.25) is 5.02 Å². The molecule has 2 aromatic carbocycles. The van der Waals surface area contributed by atoms with Crippen molar-refractivity contribution in [1.82, 2.24) is 5.32 Å². The molecule has 28 heavy (non-hydrogen) atoms. The first-order chi connectivity index (χ1) is 13.7. The van der Waals surface area contributed by atoms with Gasteiger partial charge in [0.15, 0.2) is 0 Å². The first-order valence-electron chi connectivity index (χ1n) is 9.86.